The summed E-state index contributed by atoms with van der Waals surface area (Å²) in [5.41, 5.74) is 1.70. The van der Waals surface area contributed by atoms with Gasteiger partial charge in [0.15, 0.2) is 0 Å². The number of carbonyl (C=O) groups is 1. The van der Waals surface area contributed by atoms with Crippen LogP contribution < -0.4 is 5.32 Å². The molecule has 0 aromatic heterocycles. The number of nitrogens with zero attached hydrogens (tertiary/aromatic N) is 2. The van der Waals surface area contributed by atoms with E-state index in [0.717, 1.165) is 17.1 Å². The summed E-state index contributed by atoms with van der Waals surface area (Å²) >= 11 is 0. The molecule has 0 fully saturated rings. The van der Waals surface area contributed by atoms with Gasteiger partial charge in [-0.1, -0.05) is 30.3 Å². The average molecular weight is 321 g/mol. The maximum atomic E-state index is 12.1. The molecule has 1 heterocycles. The maximum absolute atomic E-state index is 12.1. The Hall–Kier alpha value is -2.15. The maximum Gasteiger partial charge on any atom is 0.344 e. The summed E-state index contributed by atoms with van der Waals surface area (Å²) in [6.45, 7) is 2.04. The Kier molecular flexibility index (Phi) is 4.97. The molecule has 118 valence electrons. The minimum absolute atomic E-state index is 0.207. The molecule has 0 saturated carbocycles. The van der Waals surface area contributed by atoms with Crippen molar-refractivity contribution in [3.05, 3.63) is 47.7 Å². The van der Waals surface area contributed by atoms with E-state index in [-0.39, 0.29) is 17.2 Å². The molecule has 22 heavy (non-hydrogen) atoms. The van der Waals surface area contributed by atoms with Crippen LogP contribution in [0.1, 0.15) is 18.9 Å². The van der Waals surface area contributed by atoms with Crippen LogP contribution in [-0.4, -0.2) is 37.9 Å². The Labute approximate surface area is 130 Å². The first-order valence-electron chi connectivity index (χ1n) is 6.99. The summed E-state index contributed by atoms with van der Waals surface area (Å²) in [4.78, 5) is 12.1. The lowest BCUT2D eigenvalue weighted by molar-refractivity contribution is -0.117. The fraction of sp³-hybridized carbons (Fsp3) is 0.333. The van der Waals surface area contributed by atoms with E-state index < -0.39 is 10.2 Å². The van der Waals surface area contributed by atoms with E-state index >= 15 is 0 Å². The van der Waals surface area contributed by atoms with Crippen molar-refractivity contribution in [2.75, 3.05) is 13.6 Å². The number of hydrogen-bond donors (Lipinski definition) is 1. The van der Waals surface area contributed by atoms with Gasteiger partial charge < -0.3 is 5.32 Å². The summed E-state index contributed by atoms with van der Waals surface area (Å²) in [6.07, 6.45) is 2.99. The predicted octanol–water partition coefficient (Wildman–Crippen LogP) is 1.27. The first-order chi connectivity index (χ1) is 10.4. The number of amides is 1. The number of nitrogens with one attached hydrogen (secondary N) is 1. The first kappa shape index (κ1) is 16.2. The van der Waals surface area contributed by atoms with Gasteiger partial charge in [0, 0.05) is 19.8 Å². The van der Waals surface area contributed by atoms with Gasteiger partial charge in [0.2, 0.25) is 0 Å². The van der Waals surface area contributed by atoms with Crippen LogP contribution in [0, 0.1) is 0 Å². The van der Waals surface area contributed by atoms with Gasteiger partial charge in [-0.05, 0) is 25.3 Å². The summed E-state index contributed by atoms with van der Waals surface area (Å²) in [6, 6.07) is 10.0. The molecule has 0 aliphatic carbocycles. The number of aryl methyl sites for hydroxylation is 1. The third-order valence-corrected chi connectivity index (χ3v) is 4.67. The van der Waals surface area contributed by atoms with Crippen LogP contribution in [0.4, 0.5) is 0 Å². The molecule has 0 radical (unpaired) electrons. The summed E-state index contributed by atoms with van der Waals surface area (Å²) in [5.74, 6) is -0.309. The van der Waals surface area contributed by atoms with Crippen molar-refractivity contribution in [1.29, 1.82) is 0 Å². The Balaban J connectivity index is 1.87. The number of carbonyl (C=O) groups excluding carboxylic acids is 1. The summed E-state index contributed by atoms with van der Waals surface area (Å²) in [5, 5.41) is 2.79. The van der Waals surface area contributed by atoms with E-state index in [9.17, 15) is 13.2 Å². The average Bonchev–Trinajstić information content (AvgIpc) is 2.48. The van der Waals surface area contributed by atoms with Gasteiger partial charge in [0.1, 0.15) is 0 Å². The number of hydrogen-bond acceptors (Lipinski definition) is 3. The molecule has 0 unspecified atom stereocenters. The molecule has 0 atom stereocenters. The van der Waals surface area contributed by atoms with Crippen LogP contribution in [0.5, 0.6) is 0 Å². The Morgan fingerprint density at radius 2 is 1.95 bits per heavy atom. The molecule has 2 rings (SSSR count). The van der Waals surface area contributed by atoms with E-state index in [1.54, 1.807) is 0 Å². The normalized spacial score (nSPS) is 16.7. The van der Waals surface area contributed by atoms with Crippen LogP contribution in [-0.2, 0) is 21.4 Å². The largest absolute Gasteiger partial charge is 0.352 e. The zero-order valence-corrected chi connectivity index (χ0v) is 13.4. The lowest BCUT2D eigenvalue weighted by Gasteiger charge is -2.19. The van der Waals surface area contributed by atoms with Crippen molar-refractivity contribution >= 4 is 21.8 Å². The highest BCUT2D eigenvalue weighted by atomic mass is 32.2. The molecule has 1 aromatic carbocycles. The molecule has 1 N–H and O–H groups in total. The number of rotatable bonds is 5. The zero-order chi connectivity index (χ0) is 16.2. The second kappa shape index (κ2) is 6.74. The Morgan fingerprint density at radius 1 is 1.27 bits per heavy atom. The van der Waals surface area contributed by atoms with Gasteiger partial charge >= 0.3 is 10.2 Å². The van der Waals surface area contributed by atoms with Crippen LogP contribution in [0.2, 0.25) is 0 Å². The van der Waals surface area contributed by atoms with Gasteiger partial charge in [-0.2, -0.15) is 8.42 Å². The third-order valence-electron chi connectivity index (χ3n) is 3.33. The fourth-order valence-corrected chi connectivity index (χ4v) is 2.90. The molecule has 6 nitrogen and oxygen atoms in total. The molecule has 7 heteroatoms. The lowest BCUT2D eigenvalue weighted by atomic mass is 10.1. The third kappa shape index (κ3) is 3.94. The smallest absolute Gasteiger partial charge is 0.344 e. The van der Waals surface area contributed by atoms with Crippen molar-refractivity contribution in [3.63, 3.8) is 0 Å². The Morgan fingerprint density at radius 3 is 2.64 bits per heavy atom. The molecule has 0 bridgehead atoms. The van der Waals surface area contributed by atoms with Gasteiger partial charge in [-0.15, -0.1) is 4.40 Å². The van der Waals surface area contributed by atoms with E-state index in [4.69, 9.17) is 0 Å². The van der Waals surface area contributed by atoms with E-state index in [0.29, 0.717) is 6.54 Å². The molecular weight excluding hydrogens is 302 g/mol. The standard InChI is InChI=1S/C15H19N3O3S/c1-12-14(11-18(2)22(20,21)17-12)15(19)16-10-6-9-13-7-4-3-5-8-13/h3-5,7-8,11H,6,9-10H2,1-2H3,(H,16,19). The first-order valence-corrected chi connectivity index (χ1v) is 8.39. The minimum Gasteiger partial charge on any atom is -0.352 e. The van der Waals surface area contributed by atoms with Crippen molar-refractivity contribution in [2.45, 2.75) is 19.8 Å². The highest BCUT2D eigenvalue weighted by Gasteiger charge is 2.25. The monoisotopic (exact) mass is 321 g/mol. The van der Waals surface area contributed by atoms with Gasteiger partial charge in [-0.25, -0.2) is 0 Å². The molecule has 1 aliphatic rings. The predicted molar refractivity (Wildman–Crippen MR) is 85.6 cm³/mol. The molecular formula is C15H19N3O3S. The van der Waals surface area contributed by atoms with Crippen LogP contribution in [0.25, 0.3) is 0 Å². The summed E-state index contributed by atoms with van der Waals surface area (Å²) in [7, 11) is -2.32. The highest BCUT2D eigenvalue weighted by molar-refractivity contribution is 7.88. The topological polar surface area (TPSA) is 78.8 Å². The molecule has 1 aromatic rings. The second-order valence-corrected chi connectivity index (χ2v) is 6.71. The molecule has 1 aliphatic heterocycles. The lowest BCUT2D eigenvalue weighted by Crippen LogP contribution is -2.34. The Bertz CT molecular complexity index is 709. The van der Waals surface area contributed by atoms with Crippen molar-refractivity contribution in [3.8, 4) is 0 Å². The molecule has 0 spiro atoms. The minimum atomic E-state index is -3.67. The van der Waals surface area contributed by atoms with E-state index in [2.05, 4.69) is 9.71 Å². The highest BCUT2D eigenvalue weighted by Crippen LogP contribution is 2.14. The molecule has 1 amide bonds. The fourth-order valence-electron chi connectivity index (χ4n) is 2.09. The van der Waals surface area contributed by atoms with E-state index in [1.165, 1.54) is 25.7 Å². The van der Waals surface area contributed by atoms with Gasteiger partial charge in [0.25, 0.3) is 5.91 Å². The van der Waals surface area contributed by atoms with Crippen molar-refractivity contribution < 1.29 is 13.2 Å². The van der Waals surface area contributed by atoms with Crippen LogP contribution >= 0.6 is 0 Å². The summed E-state index contributed by atoms with van der Waals surface area (Å²) < 4.78 is 27.6. The molecule has 0 saturated heterocycles. The van der Waals surface area contributed by atoms with Crippen LogP contribution in [0.3, 0.4) is 0 Å². The van der Waals surface area contributed by atoms with Crippen molar-refractivity contribution in [1.82, 2.24) is 9.62 Å². The van der Waals surface area contributed by atoms with Gasteiger partial charge in [0.05, 0.1) is 11.3 Å². The SMILES string of the molecule is CC1=NS(=O)(=O)N(C)C=C1C(=O)NCCCc1ccccc1. The van der Waals surface area contributed by atoms with E-state index in [1.807, 2.05) is 30.3 Å². The quantitative estimate of drug-likeness (QED) is 0.830. The van der Waals surface area contributed by atoms with Crippen LogP contribution in [0.15, 0.2) is 46.5 Å². The van der Waals surface area contributed by atoms with Crippen molar-refractivity contribution in [2.24, 2.45) is 4.40 Å². The number of benzene rings is 1. The second-order valence-electron chi connectivity index (χ2n) is 5.06. The van der Waals surface area contributed by atoms with Gasteiger partial charge in [-0.3, -0.25) is 9.10 Å². The zero-order valence-electron chi connectivity index (χ0n) is 12.6.